The molecular weight excluding hydrogens is 292 g/mol. The van der Waals surface area contributed by atoms with E-state index in [0.29, 0.717) is 4.80 Å². The van der Waals surface area contributed by atoms with Crippen LogP contribution in [0.4, 0.5) is 5.69 Å². The normalized spacial score (nSPS) is 11.6. The van der Waals surface area contributed by atoms with E-state index in [-0.39, 0.29) is 5.56 Å². The number of nitrogens with zero attached hydrogens (tertiary/aromatic N) is 2. The Bertz CT molecular complexity index is 906. The maximum absolute atomic E-state index is 12.2. The third-order valence-electron chi connectivity index (χ3n) is 3.39. The molecule has 0 aliphatic carbocycles. The molecule has 0 spiro atoms. The molecule has 0 amide bonds. The molecule has 3 rings (SSSR count). The van der Waals surface area contributed by atoms with E-state index in [1.807, 2.05) is 61.5 Å². The minimum Gasteiger partial charge on any atom is -0.288 e. The summed E-state index contributed by atoms with van der Waals surface area (Å²) in [6, 6.07) is 19.5. The highest BCUT2D eigenvalue weighted by molar-refractivity contribution is 7.12. The first-order valence-corrected chi connectivity index (χ1v) is 7.83. The summed E-state index contributed by atoms with van der Waals surface area (Å²) >= 11 is 1.51. The zero-order chi connectivity index (χ0) is 15.5. The van der Waals surface area contributed by atoms with Gasteiger partial charge in [0.2, 0.25) is 0 Å². The summed E-state index contributed by atoms with van der Waals surface area (Å²) in [4.78, 5) is 18.4. The molecule has 0 saturated heterocycles. The van der Waals surface area contributed by atoms with Gasteiger partial charge < -0.3 is 0 Å². The van der Waals surface area contributed by atoms with Crippen LogP contribution in [0.3, 0.4) is 0 Å². The van der Waals surface area contributed by atoms with Gasteiger partial charge in [0, 0.05) is 18.0 Å². The summed E-state index contributed by atoms with van der Waals surface area (Å²) in [6.07, 6.45) is 0. The van der Waals surface area contributed by atoms with Gasteiger partial charge in [-0.2, -0.15) is 0 Å². The molecule has 0 aliphatic rings. The SMILES string of the molecule is Cc1ccc(N=c2sc(-c3ccccc3)cc(=O)n2C)cc1. The highest BCUT2D eigenvalue weighted by Crippen LogP contribution is 2.19. The molecule has 3 nitrogen and oxygen atoms in total. The van der Waals surface area contributed by atoms with Gasteiger partial charge >= 0.3 is 0 Å². The first-order chi connectivity index (χ1) is 10.6. The predicted molar refractivity (Wildman–Crippen MR) is 91.4 cm³/mol. The molecule has 0 fully saturated rings. The fraction of sp³-hybridized carbons (Fsp3) is 0.111. The Hall–Kier alpha value is -2.46. The maximum Gasteiger partial charge on any atom is 0.253 e. The number of aryl methyl sites for hydroxylation is 1. The molecule has 110 valence electrons. The molecule has 1 aromatic heterocycles. The molecule has 0 saturated carbocycles. The zero-order valence-corrected chi connectivity index (χ0v) is 13.3. The van der Waals surface area contributed by atoms with Crippen molar-refractivity contribution < 1.29 is 0 Å². The van der Waals surface area contributed by atoms with Gasteiger partial charge in [-0.3, -0.25) is 9.36 Å². The molecule has 4 heteroatoms. The van der Waals surface area contributed by atoms with E-state index >= 15 is 0 Å². The van der Waals surface area contributed by atoms with Gasteiger partial charge in [0.25, 0.3) is 5.56 Å². The van der Waals surface area contributed by atoms with Crippen molar-refractivity contribution in [3.63, 3.8) is 0 Å². The number of benzene rings is 2. The molecule has 0 atom stereocenters. The summed E-state index contributed by atoms with van der Waals surface area (Å²) in [6.45, 7) is 2.04. The lowest BCUT2D eigenvalue weighted by atomic mass is 10.2. The van der Waals surface area contributed by atoms with Crippen LogP contribution in [0.2, 0.25) is 0 Å². The standard InChI is InChI=1S/C18H16N2OS/c1-13-8-10-15(11-9-13)19-18-20(2)17(21)12-16(22-18)14-6-4-3-5-7-14/h3-12H,1-2H3. The second kappa shape index (κ2) is 6.12. The topological polar surface area (TPSA) is 34.4 Å². The van der Waals surface area contributed by atoms with E-state index in [2.05, 4.69) is 4.99 Å². The first-order valence-electron chi connectivity index (χ1n) is 7.01. The van der Waals surface area contributed by atoms with Crippen LogP contribution in [-0.2, 0) is 7.05 Å². The number of aromatic nitrogens is 1. The van der Waals surface area contributed by atoms with Crippen LogP contribution in [-0.4, -0.2) is 4.57 Å². The van der Waals surface area contributed by atoms with Crippen LogP contribution in [0.5, 0.6) is 0 Å². The molecule has 0 N–H and O–H groups in total. The van der Waals surface area contributed by atoms with Gasteiger partial charge in [-0.25, -0.2) is 4.99 Å². The molecule has 22 heavy (non-hydrogen) atoms. The number of hydrogen-bond acceptors (Lipinski definition) is 3. The first kappa shape index (κ1) is 14.5. The van der Waals surface area contributed by atoms with E-state index in [0.717, 1.165) is 16.1 Å². The maximum atomic E-state index is 12.2. The zero-order valence-electron chi connectivity index (χ0n) is 12.5. The Morgan fingerprint density at radius 3 is 2.36 bits per heavy atom. The number of rotatable bonds is 2. The van der Waals surface area contributed by atoms with Gasteiger partial charge in [0.05, 0.1) is 5.69 Å². The smallest absolute Gasteiger partial charge is 0.253 e. The van der Waals surface area contributed by atoms with Crippen LogP contribution in [0, 0.1) is 6.92 Å². The van der Waals surface area contributed by atoms with Crippen molar-refractivity contribution in [2.75, 3.05) is 0 Å². The Kier molecular flexibility index (Phi) is 4.02. The third kappa shape index (κ3) is 3.07. The summed E-state index contributed by atoms with van der Waals surface area (Å²) in [5.41, 5.74) is 3.02. The largest absolute Gasteiger partial charge is 0.288 e. The Labute approximate surface area is 132 Å². The minimum atomic E-state index is -0.0523. The summed E-state index contributed by atoms with van der Waals surface area (Å²) < 4.78 is 1.58. The molecule has 0 radical (unpaired) electrons. The lowest BCUT2D eigenvalue weighted by Gasteiger charge is -2.03. The van der Waals surface area contributed by atoms with E-state index in [1.54, 1.807) is 17.7 Å². The van der Waals surface area contributed by atoms with Gasteiger partial charge in [-0.15, -0.1) is 0 Å². The van der Waals surface area contributed by atoms with Crippen molar-refractivity contribution in [3.05, 3.63) is 81.4 Å². The van der Waals surface area contributed by atoms with E-state index < -0.39 is 0 Å². The molecular formula is C18H16N2OS. The van der Waals surface area contributed by atoms with Crippen LogP contribution in [0.25, 0.3) is 10.4 Å². The molecule has 1 heterocycles. The van der Waals surface area contributed by atoms with Crippen LogP contribution < -0.4 is 10.4 Å². The third-order valence-corrected chi connectivity index (χ3v) is 4.51. The molecule has 2 aromatic carbocycles. The van der Waals surface area contributed by atoms with Crippen LogP contribution >= 0.6 is 11.3 Å². The average molecular weight is 308 g/mol. The Morgan fingerprint density at radius 2 is 1.68 bits per heavy atom. The highest BCUT2D eigenvalue weighted by Gasteiger charge is 2.03. The second-order valence-electron chi connectivity index (χ2n) is 5.10. The summed E-state index contributed by atoms with van der Waals surface area (Å²) in [5, 5.41) is 0. The van der Waals surface area contributed by atoms with Crippen LogP contribution in [0.1, 0.15) is 5.56 Å². The fourth-order valence-electron chi connectivity index (χ4n) is 2.07. The minimum absolute atomic E-state index is 0.0523. The fourth-order valence-corrected chi connectivity index (χ4v) is 3.06. The molecule has 0 unspecified atom stereocenters. The average Bonchev–Trinajstić information content (AvgIpc) is 2.54. The van der Waals surface area contributed by atoms with E-state index in [1.165, 1.54) is 16.9 Å². The Balaban J connectivity index is 2.17. The molecule has 0 aliphatic heterocycles. The molecule has 3 aromatic rings. The van der Waals surface area contributed by atoms with Gasteiger partial charge in [-0.05, 0) is 24.6 Å². The van der Waals surface area contributed by atoms with Crippen molar-refractivity contribution in [2.45, 2.75) is 6.92 Å². The number of hydrogen-bond donors (Lipinski definition) is 0. The monoisotopic (exact) mass is 308 g/mol. The lowest BCUT2D eigenvalue weighted by Crippen LogP contribution is -2.28. The van der Waals surface area contributed by atoms with Gasteiger partial charge in [0.1, 0.15) is 0 Å². The lowest BCUT2D eigenvalue weighted by molar-refractivity contribution is 0.824. The van der Waals surface area contributed by atoms with E-state index in [9.17, 15) is 4.79 Å². The van der Waals surface area contributed by atoms with Crippen molar-refractivity contribution in [1.29, 1.82) is 0 Å². The van der Waals surface area contributed by atoms with Crippen molar-refractivity contribution >= 4 is 17.0 Å². The van der Waals surface area contributed by atoms with Gasteiger partial charge in [-0.1, -0.05) is 59.4 Å². The quantitative estimate of drug-likeness (QED) is 0.711. The second-order valence-corrected chi connectivity index (χ2v) is 6.11. The molecule has 0 bridgehead atoms. The summed E-state index contributed by atoms with van der Waals surface area (Å²) in [7, 11) is 1.75. The highest BCUT2D eigenvalue weighted by atomic mass is 32.1. The summed E-state index contributed by atoms with van der Waals surface area (Å²) in [5.74, 6) is 0. The van der Waals surface area contributed by atoms with E-state index in [4.69, 9.17) is 0 Å². The Morgan fingerprint density at radius 1 is 1.00 bits per heavy atom. The van der Waals surface area contributed by atoms with Crippen LogP contribution in [0.15, 0.2) is 70.5 Å². The van der Waals surface area contributed by atoms with Gasteiger partial charge in [0.15, 0.2) is 4.80 Å². The van der Waals surface area contributed by atoms with Crippen molar-refractivity contribution in [2.24, 2.45) is 12.0 Å². The predicted octanol–water partition coefficient (Wildman–Crippen LogP) is 3.65. The van der Waals surface area contributed by atoms with Crippen molar-refractivity contribution in [3.8, 4) is 10.4 Å². The van der Waals surface area contributed by atoms with Crippen molar-refractivity contribution in [1.82, 2.24) is 4.57 Å².